The zero-order chi connectivity index (χ0) is 23.5. The Kier molecular flexibility index (Phi) is 6.38. The molecule has 3 nitrogen and oxygen atoms in total. The first kappa shape index (κ1) is 23.1. The fourth-order valence-electron chi connectivity index (χ4n) is 3.00. The average Bonchev–Trinajstić information content (AvgIpc) is 2.73. The van der Waals surface area contributed by atoms with Gasteiger partial charge < -0.3 is 5.32 Å². The summed E-state index contributed by atoms with van der Waals surface area (Å²) in [5.41, 5.74) is -1.98. The molecule has 0 aliphatic heterocycles. The Labute approximate surface area is 178 Å². The van der Waals surface area contributed by atoms with Gasteiger partial charge in [-0.05, 0) is 42.0 Å². The summed E-state index contributed by atoms with van der Waals surface area (Å²) >= 11 is 0. The quantitative estimate of drug-likeness (QED) is 0.360. The maximum Gasteiger partial charge on any atom is 0.416 e. The van der Waals surface area contributed by atoms with E-state index in [9.17, 15) is 35.9 Å². The molecule has 3 rings (SSSR count). The van der Waals surface area contributed by atoms with E-state index in [2.05, 4.69) is 5.32 Å². The number of alkyl halides is 6. The first-order valence-electron chi connectivity index (χ1n) is 9.22. The third kappa shape index (κ3) is 5.54. The van der Waals surface area contributed by atoms with Gasteiger partial charge in [-0.1, -0.05) is 36.4 Å². The molecule has 3 aromatic carbocycles. The molecule has 0 atom stereocenters. The van der Waals surface area contributed by atoms with E-state index in [1.54, 1.807) is 0 Å². The molecule has 0 unspecified atom stereocenters. The van der Waals surface area contributed by atoms with Gasteiger partial charge in [-0.15, -0.1) is 0 Å². The first-order valence-corrected chi connectivity index (χ1v) is 9.22. The molecule has 32 heavy (non-hydrogen) atoms. The zero-order valence-electron chi connectivity index (χ0n) is 16.2. The van der Waals surface area contributed by atoms with Gasteiger partial charge in [0.15, 0.2) is 5.78 Å². The van der Waals surface area contributed by atoms with E-state index in [-0.39, 0.29) is 28.8 Å². The number of hydrogen-bond acceptors (Lipinski definition) is 2. The van der Waals surface area contributed by atoms with Crippen molar-refractivity contribution in [2.24, 2.45) is 0 Å². The Morgan fingerprint density at radius 1 is 0.719 bits per heavy atom. The summed E-state index contributed by atoms with van der Waals surface area (Å²) < 4.78 is 77.4. The molecule has 3 aromatic rings. The fraction of sp³-hybridized carbons (Fsp3) is 0.130. The smallest absolute Gasteiger partial charge is 0.321 e. The first-order chi connectivity index (χ1) is 14.9. The molecule has 9 heteroatoms. The van der Waals surface area contributed by atoms with Crippen LogP contribution in [0, 0.1) is 0 Å². The Morgan fingerprint density at radius 2 is 1.31 bits per heavy atom. The van der Waals surface area contributed by atoms with Crippen molar-refractivity contribution in [1.82, 2.24) is 0 Å². The van der Waals surface area contributed by atoms with Gasteiger partial charge in [0, 0.05) is 17.5 Å². The number of carbonyl (C=O) groups is 2. The molecule has 0 saturated heterocycles. The van der Waals surface area contributed by atoms with Crippen LogP contribution < -0.4 is 5.32 Å². The van der Waals surface area contributed by atoms with Crippen LogP contribution in [0.4, 0.5) is 32.0 Å². The van der Waals surface area contributed by atoms with Crippen molar-refractivity contribution < 1.29 is 35.9 Å². The predicted molar refractivity (Wildman–Crippen MR) is 105 cm³/mol. The highest BCUT2D eigenvalue weighted by Crippen LogP contribution is 2.31. The maximum absolute atomic E-state index is 12.9. The summed E-state index contributed by atoms with van der Waals surface area (Å²) in [4.78, 5) is 25.2. The van der Waals surface area contributed by atoms with Crippen molar-refractivity contribution in [3.63, 3.8) is 0 Å². The lowest BCUT2D eigenvalue weighted by Crippen LogP contribution is -2.16. The molecule has 0 aliphatic carbocycles. The van der Waals surface area contributed by atoms with Gasteiger partial charge in [0.25, 0.3) is 5.91 Å². The van der Waals surface area contributed by atoms with Gasteiger partial charge >= 0.3 is 12.4 Å². The van der Waals surface area contributed by atoms with Crippen LogP contribution in [0.1, 0.15) is 37.4 Å². The standard InChI is InChI=1S/C23H15F6NO2/c24-22(25,26)16-7-3-5-14(11-16)12-20(31)18-9-1-2-10-19(18)30-21(32)15-6-4-8-17(13-15)23(27,28)29/h1-11,13H,12H2,(H,30,32). The van der Waals surface area contributed by atoms with Crippen molar-refractivity contribution in [3.8, 4) is 0 Å². The molecule has 0 saturated carbocycles. The van der Waals surface area contributed by atoms with Crippen molar-refractivity contribution in [3.05, 3.63) is 101 Å². The molecule has 166 valence electrons. The van der Waals surface area contributed by atoms with Gasteiger partial charge in [-0.2, -0.15) is 26.3 Å². The topological polar surface area (TPSA) is 46.2 Å². The largest absolute Gasteiger partial charge is 0.416 e. The molecule has 0 radical (unpaired) electrons. The second-order valence-corrected chi connectivity index (χ2v) is 6.88. The van der Waals surface area contributed by atoms with Crippen LogP contribution in [0.25, 0.3) is 0 Å². The minimum absolute atomic E-state index is 0.0187. The minimum Gasteiger partial charge on any atom is -0.321 e. The summed E-state index contributed by atoms with van der Waals surface area (Å²) in [5, 5.41) is 2.40. The van der Waals surface area contributed by atoms with Crippen molar-refractivity contribution >= 4 is 17.4 Å². The van der Waals surface area contributed by atoms with E-state index in [1.807, 2.05) is 0 Å². The van der Waals surface area contributed by atoms with E-state index in [1.165, 1.54) is 42.5 Å². The molecule has 0 spiro atoms. The van der Waals surface area contributed by atoms with E-state index in [0.717, 1.165) is 24.3 Å². The van der Waals surface area contributed by atoms with Crippen LogP contribution in [0.15, 0.2) is 72.8 Å². The number of nitrogens with one attached hydrogen (secondary N) is 1. The summed E-state index contributed by atoms with van der Waals surface area (Å²) in [5.74, 6) is -1.43. The number of ketones is 1. The Hall–Kier alpha value is -3.62. The van der Waals surface area contributed by atoms with Crippen molar-refractivity contribution in [2.75, 3.05) is 5.32 Å². The third-order valence-electron chi connectivity index (χ3n) is 4.55. The summed E-state index contributed by atoms with van der Waals surface area (Å²) in [6.45, 7) is 0. The second-order valence-electron chi connectivity index (χ2n) is 6.88. The van der Waals surface area contributed by atoms with Crippen LogP contribution in [-0.4, -0.2) is 11.7 Å². The summed E-state index contributed by atoms with van der Waals surface area (Å²) in [6, 6.07) is 13.8. The third-order valence-corrected chi connectivity index (χ3v) is 4.55. The molecule has 0 fully saturated rings. The number of Topliss-reactive ketones (excluding diaryl/α,β-unsaturated/α-hetero) is 1. The number of anilines is 1. The Bertz CT molecular complexity index is 1150. The minimum atomic E-state index is -4.63. The van der Waals surface area contributed by atoms with Gasteiger partial charge in [-0.25, -0.2) is 0 Å². The van der Waals surface area contributed by atoms with Crippen molar-refractivity contribution in [2.45, 2.75) is 18.8 Å². The molecule has 0 aliphatic rings. The highest BCUT2D eigenvalue weighted by atomic mass is 19.4. The highest BCUT2D eigenvalue weighted by molar-refractivity contribution is 6.10. The van der Waals surface area contributed by atoms with Crippen LogP contribution in [0.2, 0.25) is 0 Å². The van der Waals surface area contributed by atoms with Gasteiger partial charge in [0.1, 0.15) is 0 Å². The van der Waals surface area contributed by atoms with E-state index >= 15 is 0 Å². The zero-order valence-corrected chi connectivity index (χ0v) is 16.2. The lowest BCUT2D eigenvalue weighted by molar-refractivity contribution is -0.138. The van der Waals surface area contributed by atoms with Gasteiger partial charge in [-0.3, -0.25) is 9.59 Å². The summed E-state index contributed by atoms with van der Waals surface area (Å²) in [6.07, 6.45) is -9.55. The Balaban J connectivity index is 1.82. The number of benzene rings is 3. The van der Waals surface area contributed by atoms with E-state index < -0.39 is 35.2 Å². The molecule has 0 bridgehead atoms. The second kappa shape index (κ2) is 8.86. The number of para-hydroxylation sites is 1. The maximum atomic E-state index is 12.9. The van der Waals surface area contributed by atoms with Gasteiger partial charge in [0.2, 0.25) is 0 Å². The molecule has 1 N–H and O–H groups in total. The monoisotopic (exact) mass is 451 g/mol. The molecule has 0 heterocycles. The molecule has 1 amide bonds. The normalized spacial score (nSPS) is 11.8. The molecular weight excluding hydrogens is 436 g/mol. The number of rotatable bonds is 5. The number of carbonyl (C=O) groups excluding carboxylic acids is 2. The molecular formula is C23H15F6NO2. The van der Waals surface area contributed by atoms with E-state index in [0.29, 0.717) is 6.07 Å². The van der Waals surface area contributed by atoms with Crippen LogP contribution in [0.5, 0.6) is 0 Å². The average molecular weight is 451 g/mol. The predicted octanol–water partition coefficient (Wildman–Crippen LogP) is 6.40. The lowest BCUT2D eigenvalue weighted by Gasteiger charge is -2.12. The number of halogens is 6. The van der Waals surface area contributed by atoms with Gasteiger partial charge in [0.05, 0.1) is 16.8 Å². The number of hydrogen-bond donors (Lipinski definition) is 1. The Morgan fingerprint density at radius 3 is 1.97 bits per heavy atom. The van der Waals surface area contributed by atoms with Crippen LogP contribution in [-0.2, 0) is 18.8 Å². The van der Waals surface area contributed by atoms with Crippen LogP contribution in [0.3, 0.4) is 0 Å². The van der Waals surface area contributed by atoms with E-state index in [4.69, 9.17) is 0 Å². The van der Waals surface area contributed by atoms with Crippen LogP contribution >= 0.6 is 0 Å². The molecule has 0 aromatic heterocycles. The van der Waals surface area contributed by atoms with Crippen molar-refractivity contribution in [1.29, 1.82) is 0 Å². The SMILES string of the molecule is O=C(Nc1ccccc1C(=O)Cc1cccc(C(F)(F)F)c1)c1cccc(C(F)(F)F)c1. The highest BCUT2D eigenvalue weighted by Gasteiger charge is 2.31. The lowest BCUT2D eigenvalue weighted by atomic mass is 9.99. The summed E-state index contributed by atoms with van der Waals surface area (Å²) in [7, 11) is 0. The fourth-order valence-corrected chi connectivity index (χ4v) is 3.00. The number of amides is 1.